The maximum Gasteiger partial charge on any atom is 0.335 e. The Morgan fingerprint density at radius 3 is 1.29 bits per heavy atom. The molecule has 3 N–H and O–H groups in total. The van der Waals surface area contributed by atoms with Crippen molar-refractivity contribution < 1.29 is 58.2 Å². The number of rotatable bonds is 52. The Kier molecular flexibility index (Phi) is 49.9. The minimum absolute atomic E-state index is 0.0224. The number of esters is 3. The predicted molar refractivity (Wildman–Crippen MR) is 321 cm³/mol. The summed E-state index contributed by atoms with van der Waals surface area (Å²) >= 11 is 0. The van der Waals surface area contributed by atoms with Crippen LogP contribution in [0.15, 0.2) is 97.2 Å². The lowest BCUT2D eigenvalue weighted by molar-refractivity contribution is -0.301. The number of hydrogen-bond donors (Lipinski definition) is 3. The van der Waals surface area contributed by atoms with Crippen molar-refractivity contribution in [2.75, 3.05) is 13.2 Å². The normalized spacial score (nSPS) is 18.5. The number of carboxylic acids is 1. The minimum Gasteiger partial charge on any atom is -0.479 e. The van der Waals surface area contributed by atoms with Gasteiger partial charge in [-0.25, -0.2) is 4.79 Å². The van der Waals surface area contributed by atoms with E-state index in [2.05, 4.69) is 106 Å². The summed E-state index contributed by atoms with van der Waals surface area (Å²) in [6.45, 7) is 5.81. The van der Waals surface area contributed by atoms with E-state index in [0.29, 0.717) is 25.7 Å². The molecule has 0 aromatic rings. The van der Waals surface area contributed by atoms with Crippen LogP contribution in [0, 0.1) is 0 Å². The van der Waals surface area contributed by atoms with Crippen LogP contribution in [0.4, 0.5) is 0 Å². The summed E-state index contributed by atoms with van der Waals surface area (Å²) in [5.41, 5.74) is 0. The zero-order valence-electron chi connectivity index (χ0n) is 49.6. The number of aliphatic hydroxyl groups is 2. The van der Waals surface area contributed by atoms with Gasteiger partial charge in [0.1, 0.15) is 18.8 Å². The van der Waals surface area contributed by atoms with Gasteiger partial charge in [0.2, 0.25) is 0 Å². The highest BCUT2D eigenvalue weighted by atomic mass is 16.7. The molecule has 1 heterocycles. The van der Waals surface area contributed by atoms with Crippen molar-refractivity contribution >= 4 is 23.9 Å². The number of carboxylic acid groups (broad SMARTS) is 1. The number of hydrogen-bond acceptors (Lipinski definition) is 11. The molecule has 12 nitrogen and oxygen atoms in total. The summed E-state index contributed by atoms with van der Waals surface area (Å²) in [7, 11) is 0. The molecule has 450 valence electrons. The Morgan fingerprint density at radius 1 is 0.430 bits per heavy atom. The Morgan fingerprint density at radius 2 is 0.810 bits per heavy atom. The number of allylic oxidation sites excluding steroid dienone is 16. The second-order valence-corrected chi connectivity index (χ2v) is 20.9. The van der Waals surface area contributed by atoms with Crippen molar-refractivity contribution in [1.29, 1.82) is 0 Å². The second-order valence-electron chi connectivity index (χ2n) is 20.9. The Bertz CT molecular complexity index is 1740. The molecule has 0 amide bonds. The monoisotopic (exact) mass is 1110 g/mol. The third-order valence-electron chi connectivity index (χ3n) is 13.6. The smallest absolute Gasteiger partial charge is 0.335 e. The predicted octanol–water partition coefficient (Wildman–Crippen LogP) is 16.5. The average Bonchev–Trinajstić information content (AvgIpc) is 3.46. The molecular formula is C67H110O12. The quantitative estimate of drug-likeness (QED) is 0.0228. The van der Waals surface area contributed by atoms with E-state index in [1.165, 1.54) is 83.5 Å². The summed E-state index contributed by atoms with van der Waals surface area (Å²) in [6.07, 6.45) is 59.5. The van der Waals surface area contributed by atoms with Crippen LogP contribution < -0.4 is 0 Å². The van der Waals surface area contributed by atoms with Crippen molar-refractivity contribution in [3.8, 4) is 0 Å². The highest BCUT2D eigenvalue weighted by Gasteiger charge is 2.50. The van der Waals surface area contributed by atoms with E-state index < -0.39 is 67.3 Å². The molecule has 79 heavy (non-hydrogen) atoms. The van der Waals surface area contributed by atoms with Gasteiger partial charge >= 0.3 is 23.9 Å². The van der Waals surface area contributed by atoms with Gasteiger partial charge in [-0.15, -0.1) is 0 Å². The van der Waals surface area contributed by atoms with Crippen LogP contribution in [0.3, 0.4) is 0 Å². The molecule has 12 heteroatoms. The van der Waals surface area contributed by atoms with Crippen molar-refractivity contribution in [3.63, 3.8) is 0 Å². The first-order valence-corrected chi connectivity index (χ1v) is 31.2. The molecular weight excluding hydrogens is 997 g/mol. The van der Waals surface area contributed by atoms with Crippen molar-refractivity contribution in [2.45, 2.75) is 289 Å². The largest absolute Gasteiger partial charge is 0.479 e. The molecule has 1 aliphatic heterocycles. The van der Waals surface area contributed by atoms with Crippen LogP contribution in [-0.2, 0) is 42.9 Å². The van der Waals surface area contributed by atoms with Crippen LogP contribution in [0.25, 0.3) is 0 Å². The SMILES string of the molecule is CC/C=C\C/C=C\C/C=C\C/C=C\C/C=C\CCCC(=O)OC1C(OCC(COC(=O)CCCCCCCCCCC/C=C\C/C=C\CCCCC)OC(=O)CCCCCCC/C=C\CCCCCC)OC(C(=O)O)C(O)C1O. The van der Waals surface area contributed by atoms with Gasteiger partial charge in [0.15, 0.2) is 24.6 Å². The minimum atomic E-state index is -1.93. The summed E-state index contributed by atoms with van der Waals surface area (Å²) in [5, 5.41) is 31.5. The third kappa shape index (κ3) is 44.0. The van der Waals surface area contributed by atoms with Crippen molar-refractivity contribution in [2.24, 2.45) is 0 Å². The van der Waals surface area contributed by atoms with Crippen LogP contribution in [0.2, 0.25) is 0 Å². The third-order valence-corrected chi connectivity index (χ3v) is 13.6. The molecule has 6 atom stereocenters. The molecule has 0 aliphatic carbocycles. The van der Waals surface area contributed by atoms with Gasteiger partial charge in [0, 0.05) is 19.3 Å². The fourth-order valence-corrected chi connectivity index (χ4v) is 8.84. The first-order valence-electron chi connectivity index (χ1n) is 31.2. The molecule has 6 unspecified atom stereocenters. The van der Waals surface area contributed by atoms with E-state index in [-0.39, 0.29) is 25.9 Å². The zero-order valence-corrected chi connectivity index (χ0v) is 49.6. The molecule has 0 bridgehead atoms. The van der Waals surface area contributed by atoms with Gasteiger partial charge in [0.25, 0.3) is 0 Å². The van der Waals surface area contributed by atoms with Crippen molar-refractivity contribution in [3.05, 3.63) is 97.2 Å². The van der Waals surface area contributed by atoms with Crippen LogP contribution >= 0.6 is 0 Å². The topological polar surface area (TPSA) is 175 Å². The Labute approximate surface area is 479 Å². The Hall–Kier alpha value is -4.36. The standard InChI is InChI=1S/C67H110O12/c1-4-7-10-13-16-19-22-25-27-29-30-32-33-36-38-41-44-47-50-53-59(68)75-56-58(77-60(69)54-51-48-45-42-39-35-24-21-18-15-12-9-6-3)57-76-67-65(63(72)62(71)64(79-67)66(73)74)78-61(70)55-52-49-46-43-40-37-34-31-28-26-23-20-17-14-11-8-5-2/h8,11,16-17,19-21,24-28,34,37,43,46,58,62-65,67,71-72H,4-7,9-10,12-15,18,22-23,29-33,35-36,38-42,44-45,47-57H2,1-3H3,(H,73,74)/b11-8-,19-16-,20-17-,24-21-,27-25-,28-26-,37-34-,46-43-. The molecule has 1 fully saturated rings. The maximum atomic E-state index is 13.2. The molecule has 0 aromatic carbocycles. The van der Waals surface area contributed by atoms with Gasteiger partial charge < -0.3 is 39.0 Å². The van der Waals surface area contributed by atoms with E-state index in [0.717, 1.165) is 103 Å². The lowest BCUT2D eigenvalue weighted by atomic mass is 9.98. The molecule has 1 rings (SSSR count). The molecule has 0 spiro atoms. The summed E-state index contributed by atoms with van der Waals surface area (Å²) in [6, 6.07) is 0. The number of ether oxygens (including phenoxy) is 5. The van der Waals surface area contributed by atoms with Gasteiger partial charge in [-0.2, -0.15) is 0 Å². The van der Waals surface area contributed by atoms with Gasteiger partial charge in [-0.05, 0) is 116 Å². The average molecular weight is 1110 g/mol. The van der Waals surface area contributed by atoms with Crippen LogP contribution in [-0.4, -0.2) is 89.2 Å². The van der Waals surface area contributed by atoms with Crippen LogP contribution in [0.5, 0.6) is 0 Å². The van der Waals surface area contributed by atoms with E-state index >= 15 is 0 Å². The number of carbonyl (C=O) groups is 4. The first-order chi connectivity index (χ1) is 38.6. The second kappa shape index (κ2) is 54.2. The number of unbranched alkanes of at least 4 members (excludes halogenated alkanes) is 22. The van der Waals surface area contributed by atoms with E-state index in [4.69, 9.17) is 23.7 Å². The number of aliphatic carboxylic acids is 1. The molecule has 0 aromatic heterocycles. The summed E-state index contributed by atoms with van der Waals surface area (Å²) in [5.74, 6) is -3.21. The molecule has 1 saturated heterocycles. The molecule has 0 radical (unpaired) electrons. The van der Waals surface area contributed by atoms with Crippen LogP contribution in [0.1, 0.15) is 252 Å². The number of aliphatic hydroxyl groups excluding tert-OH is 2. The van der Waals surface area contributed by atoms with E-state index in [9.17, 15) is 34.5 Å². The fourth-order valence-electron chi connectivity index (χ4n) is 8.84. The van der Waals surface area contributed by atoms with Crippen molar-refractivity contribution in [1.82, 2.24) is 0 Å². The lowest BCUT2D eigenvalue weighted by Gasteiger charge is -2.40. The molecule has 0 saturated carbocycles. The van der Waals surface area contributed by atoms with E-state index in [1.807, 2.05) is 12.2 Å². The highest BCUT2D eigenvalue weighted by Crippen LogP contribution is 2.26. The Balaban J connectivity index is 2.70. The number of carbonyl (C=O) groups excluding carboxylic acids is 3. The maximum absolute atomic E-state index is 13.2. The molecule has 1 aliphatic rings. The van der Waals surface area contributed by atoms with Gasteiger partial charge in [-0.1, -0.05) is 214 Å². The van der Waals surface area contributed by atoms with Gasteiger partial charge in [0.05, 0.1) is 6.61 Å². The fraction of sp³-hybridized carbons (Fsp3) is 0.701. The van der Waals surface area contributed by atoms with E-state index in [1.54, 1.807) is 0 Å². The zero-order chi connectivity index (χ0) is 57.5. The summed E-state index contributed by atoms with van der Waals surface area (Å²) < 4.78 is 28.4. The summed E-state index contributed by atoms with van der Waals surface area (Å²) in [4.78, 5) is 51.2. The van der Waals surface area contributed by atoms with Gasteiger partial charge in [-0.3, -0.25) is 14.4 Å². The lowest BCUT2D eigenvalue weighted by Crippen LogP contribution is -2.61. The first kappa shape index (κ1) is 72.7. The highest BCUT2D eigenvalue weighted by molar-refractivity contribution is 5.74.